The van der Waals surface area contributed by atoms with Crippen molar-refractivity contribution in [3.63, 3.8) is 0 Å². The Morgan fingerprint density at radius 3 is 2.52 bits per heavy atom. The second-order valence-electron chi connectivity index (χ2n) is 5.02. The van der Waals surface area contributed by atoms with Crippen molar-refractivity contribution in [1.82, 2.24) is 0 Å². The van der Waals surface area contributed by atoms with Gasteiger partial charge in [-0.3, -0.25) is 10.1 Å². The topological polar surface area (TPSA) is 84.3 Å². The number of nitro groups is 1. The summed E-state index contributed by atoms with van der Waals surface area (Å²) in [5.74, 6) is 0. The fraction of sp³-hybridized carbons (Fsp3) is 0.188. The minimum Gasteiger partial charge on any atom is -0.308 e. The predicted octanol–water partition coefficient (Wildman–Crippen LogP) is 4.58. The average molecular weight is 331 g/mol. The smallest absolute Gasteiger partial charge is 0.308 e. The summed E-state index contributed by atoms with van der Waals surface area (Å²) in [6, 6.07) is 10.1. The first kappa shape index (κ1) is 16.8. The van der Waals surface area contributed by atoms with E-state index in [1.165, 1.54) is 6.07 Å². The number of hydrogen-bond donors (Lipinski definition) is 2. The molecular formula is C16H17N3O3S. The number of benzene rings is 2. The van der Waals surface area contributed by atoms with Gasteiger partial charge in [-0.15, -0.1) is 11.8 Å². The van der Waals surface area contributed by atoms with Crippen molar-refractivity contribution in [3.8, 4) is 0 Å². The third-order valence-electron chi connectivity index (χ3n) is 3.32. The molecule has 0 radical (unpaired) electrons. The lowest BCUT2D eigenvalue weighted by Crippen LogP contribution is -2.20. The van der Waals surface area contributed by atoms with E-state index in [2.05, 4.69) is 10.6 Å². The van der Waals surface area contributed by atoms with E-state index in [0.717, 1.165) is 10.5 Å². The quantitative estimate of drug-likeness (QED) is 0.488. The molecule has 0 bridgehead atoms. The van der Waals surface area contributed by atoms with Gasteiger partial charge in [-0.05, 0) is 49.9 Å². The fourth-order valence-electron chi connectivity index (χ4n) is 2.16. The van der Waals surface area contributed by atoms with Gasteiger partial charge in [0.15, 0.2) is 0 Å². The van der Waals surface area contributed by atoms with Crippen LogP contribution >= 0.6 is 11.8 Å². The number of anilines is 2. The van der Waals surface area contributed by atoms with Crippen LogP contribution < -0.4 is 10.6 Å². The van der Waals surface area contributed by atoms with E-state index in [-0.39, 0.29) is 5.69 Å². The number of rotatable bonds is 4. The highest BCUT2D eigenvalue weighted by Crippen LogP contribution is 2.26. The molecule has 0 unspecified atom stereocenters. The Morgan fingerprint density at radius 2 is 1.87 bits per heavy atom. The standard InChI is InChI=1S/C16H17N3O3S/c1-10-7-11(2)15(19(21)22)9-14(10)18-16(20)17-12-5-4-6-13(8-12)23-3/h4-9H,1-3H3,(H2,17,18,20). The van der Waals surface area contributed by atoms with Gasteiger partial charge in [0.1, 0.15) is 0 Å². The van der Waals surface area contributed by atoms with Gasteiger partial charge in [0, 0.05) is 22.2 Å². The van der Waals surface area contributed by atoms with E-state index in [4.69, 9.17) is 0 Å². The highest BCUT2D eigenvalue weighted by Gasteiger charge is 2.15. The van der Waals surface area contributed by atoms with Crippen LogP contribution in [0, 0.1) is 24.0 Å². The molecule has 120 valence electrons. The van der Waals surface area contributed by atoms with E-state index >= 15 is 0 Å². The normalized spacial score (nSPS) is 10.2. The van der Waals surface area contributed by atoms with Gasteiger partial charge in [0.05, 0.1) is 10.6 Å². The molecule has 23 heavy (non-hydrogen) atoms. The fourth-order valence-corrected chi connectivity index (χ4v) is 2.62. The number of hydrogen-bond acceptors (Lipinski definition) is 4. The lowest BCUT2D eigenvalue weighted by atomic mass is 10.1. The van der Waals surface area contributed by atoms with Crippen molar-refractivity contribution >= 4 is 34.9 Å². The van der Waals surface area contributed by atoms with Crippen LogP contribution in [-0.4, -0.2) is 17.2 Å². The molecule has 0 aromatic heterocycles. The number of nitrogens with one attached hydrogen (secondary N) is 2. The zero-order valence-corrected chi connectivity index (χ0v) is 13.9. The number of carbonyl (C=O) groups is 1. The van der Waals surface area contributed by atoms with Crippen molar-refractivity contribution in [2.45, 2.75) is 18.7 Å². The van der Waals surface area contributed by atoms with Crippen molar-refractivity contribution < 1.29 is 9.72 Å². The van der Waals surface area contributed by atoms with Crippen LogP contribution in [0.25, 0.3) is 0 Å². The zero-order chi connectivity index (χ0) is 17.0. The van der Waals surface area contributed by atoms with E-state index in [0.29, 0.717) is 16.9 Å². The van der Waals surface area contributed by atoms with Crippen LogP contribution in [0.4, 0.5) is 21.9 Å². The second kappa shape index (κ2) is 7.15. The molecule has 0 spiro atoms. The molecule has 7 heteroatoms. The summed E-state index contributed by atoms with van der Waals surface area (Å²) in [4.78, 5) is 23.7. The molecule has 2 aromatic carbocycles. The van der Waals surface area contributed by atoms with Crippen LogP contribution in [0.5, 0.6) is 0 Å². The second-order valence-corrected chi connectivity index (χ2v) is 5.90. The van der Waals surface area contributed by atoms with E-state index in [1.807, 2.05) is 24.5 Å². The minimum atomic E-state index is -0.459. The Hall–Kier alpha value is -2.54. The number of aryl methyl sites for hydroxylation is 2. The Labute approximate surface area is 138 Å². The van der Waals surface area contributed by atoms with Crippen molar-refractivity contribution in [2.24, 2.45) is 0 Å². The van der Waals surface area contributed by atoms with Crippen LogP contribution in [0.3, 0.4) is 0 Å². The summed E-state index contributed by atoms with van der Waals surface area (Å²) in [6.45, 7) is 3.46. The highest BCUT2D eigenvalue weighted by atomic mass is 32.2. The van der Waals surface area contributed by atoms with Gasteiger partial charge in [-0.2, -0.15) is 0 Å². The van der Waals surface area contributed by atoms with E-state index < -0.39 is 11.0 Å². The summed E-state index contributed by atoms with van der Waals surface area (Å²) in [6.07, 6.45) is 1.95. The largest absolute Gasteiger partial charge is 0.323 e. The van der Waals surface area contributed by atoms with Crippen LogP contribution in [0.1, 0.15) is 11.1 Å². The Morgan fingerprint density at radius 1 is 1.13 bits per heavy atom. The Balaban J connectivity index is 2.16. The van der Waals surface area contributed by atoms with Gasteiger partial charge in [0.2, 0.25) is 0 Å². The maximum Gasteiger partial charge on any atom is 0.323 e. The third-order valence-corrected chi connectivity index (χ3v) is 4.04. The molecule has 2 amide bonds. The van der Waals surface area contributed by atoms with Gasteiger partial charge in [-0.25, -0.2) is 4.79 Å². The van der Waals surface area contributed by atoms with E-state index in [1.54, 1.807) is 37.7 Å². The summed E-state index contributed by atoms with van der Waals surface area (Å²) in [5, 5.41) is 16.4. The molecule has 0 aliphatic carbocycles. The zero-order valence-electron chi connectivity index (χ0n) is 13.0. The highest BCUT2D eigenvalue weighted by molar-refractivity contribution is 7.98. The molecule has 6 nitrogen and oxygen atoms in total. The van der Waals surface area contributed by atoms with Gasteiger partial charge in [-0.1, -0.05) is 6.07 Å². The first-order chi connectivity index (χ1) is 10.9. The molecule has 0 heterocycles. The molecule has 0 saturated carbocycles. The van der Waals surface area contributed by atoms with Gasteiger partial charge in [0.25, 0.3) is 5.69 Å². The first-order valence-corrected chi connectivity index (χ1v) is 8.11. The van der Waals surface area contributed by atoms with Crippen molar-refractivity contribution in [1.29, 1.82) is 0 Å². The first-order valence-electron chi connectivity index (χ1n) is 6.88. The summed E-state index contributed by atoms with van der Waals surface area (Å²) < 4.78 is 0. The molecule has 2 N–H and O–H groups in total. The lowest BCUT2D eigenvalue weighted by Gasteiger charge is -2.11. The Kier molecular flexibility index (Phi) is 5.23. The molecule has 2 aromatic rings. The molecule has 0 aliphatic rings. The minimum absolute atomic E-state index is 0.0183. The molecule has 0 atom stereocenters. The monoisotopic (exact) mass is 331 g/mol. The van der Waals surface area contributed by atoms with Crippen LogP contribution in [0.2, 0.25) is 0 Å². The molecule has 2 rings (SSSR count). The molecule has 0 saturated heterocycles. The summed E-state index contributed by atoms with van der Waals surface area (Å²) >= 11 is 1.58. The van der Waals surface area contributed by atoms with Gasteiger partial charge < -0.3 is 10.6 Å². The molecular weight excluding hydrogens is 314 g/mol. The average Bonchev–Trinajstić information content (AvgIpc) is 2.49. The molecule has 0 aliphatic heterocycles. The van der Waals surface area contributed by atoms with Gasteiger partial charge >= 0.3 is 6.03 Å². The number of amides is 2. The summed E-state index contributed by atoms with van der Waals surface area (Å²) in [5.41, 5.74) is 2.39. The third kappa shape index (κ3) is 4.23. The van der Waals surface area contributed by atoms with Crippen molar-refractivity contribution in [3.05, 3.63) is 57.6 Å². The number of nitro benzene ring substituents is 1. The number of nitrogens with zero attached hydrogens (tertiary/aromatic N) is 1. The predicted molar refractivity (Wildman–Crippen MR) is 93.4 cm³/mol. The Bertz CT molecular complexity index is 762. The van der Waals surface area contributed by atoms with Crippen LogP contribution in [0.15, 0.2) is 41.3 Å². The number of urea groups is 1. The molecule has 0 fully saturated rings. The lowest BCUT2D eigenvalue weighted by molar-refractivity contribution is -0.385. The summed E-state index contributed by atoms with van der Waals surface area (Å²) in [7, 11) is 0. The maximum atomic E-state index is 12.1. The number of carbonyl (C=O) groups excluding carboxylic acids is 1. The van der Waals surface area contributed by atoms with Crippen LogP contribution in [-0.2, 0) is 0 Å². The SMILES string of the molecule is CSc1cccc(NC(=O)Nc2cc([N+](=O)[O-])c(C)cc2C)c1. The van der Waals surface area contributed by atoms with E-state index in [9.17, 15) is 14.9 Å². The van der Waals surface area contributed by atoms with Crippen molar-refractivity contribution in [2.75, 3.05) is 16.9 Å². The maximum absolute atomic E-state index is 12.1. The number of thioether (sulfide) groups is 1.